The molecule has 0 amide bonds. The molecule has 1 aromatic rings. The van der Waals surface area contributed by atoms with Crippen molar-refractivity contribution in [3.8, 4) is 5.75 Å². The molecule has 1 aromatic carbocycles. The van der Waals surface area contributed by atoms with Crippen LogP contribution in [0.2, 0.25) is 18.1 Å². The van der Waals surface area contributed by atoms with Crippen LogP contribution in [0.25, 0.3) is 6.08 Å². The molecule has 2 fully saturated rings. The minimum absolute atomic E-state index is 0.00633. The lowest BCUT2D eigenvalue weighted by Crippen LogP contribution is -2.44. The van der Waals surface area contributed by atoms with Crippen LogP contribution < -0.4 is 4.74 Å². The van der Waals surface area contributed by atoms with Crippen LogP contribution in [0, 0.1) is 18.8 Å². The van der Waals surface area contributed by atoms with E-state index >= 15 is 0 Å². The maximum Gasteiger partial charge on any atom is 0.338 e. The van der Waals surface area contributed by atoms with E-state index in [1.54, 1.807) is 0 Å². The Hall–Kier alpha value is -1.67. The Morgan fingerprint density at radius 1 is 1.20 bits per heavy atom. The minimum atomic E-state index is -1.92. The summed E-state index contributed by atoms with van der Waals surface area (Å²) in [6.45, 7) is 14.7. The summed E-state index contributed by atoms with van der Waals surface area (Å²) in [6, 6.07) is 3.76. The summed E-state index contributed by atoms with van der Waals surface area (Å²) in [5, 5.41) is 0.140. The van der Waals surface area contributed by atoms with E-state index < -0.39 is 8.32 Å². The highest BCUT2D eigenvalue weighted by Crippen LogP contribution is 2.45. The summed E-state index contributed by atoms with van der Waals surface area (Å²) in [5.41, 5.74) is 2.34. The maximum atomic E-state index is 12.3. The van der Waals surface area contributed by atoms with E-state index in [9.17, 15) is 4.79 Å². The fourth-order valence-electron chi connectivity index (χ4n) is 5.08. The molecule has 0 aromatic heterocycles. The van der Waals surface area contributed by atoms with Gasteiger partial charge >= 0.3 is 5.97 Å². The molecule has 1 aliphatic carbocycles. The predicted molar refractivity (Wildman–Crippen MR) is 139 cm³/mol. The topological polar surface area (TPSA) is 63.2 Å². The van der Waals surface area contributed by atoms with E-state index in [0.717, 1.165) is 49.2 Å². The highest BCUT2D eigenvalue weighted by atomic mass is 28.4. The molecule has 1 unspecified atom stereocenters. The van der Waals surface area contributed by atoms with Gasteiger partial charge < -0.3 is 23.4 Å². The first kappa shape index (κ1) is 26.4. The number of carbonyl (C=O) groups excluding carboxylic acids is 1. The van der Waals surface area contributed by atoms with Crippen LogP contribution in [0.5, 0.6) is 5.75 Å². The average Bonchev–Trinajstić information content (AvgIpc) is 3.01. The molecular weight excluding hydrogens is 460 g/mol. The van der Waals surface area contributed by atoms with Crippen molar-refractivity contribution in [2.24, 2.45) is 11.8 Å². The van der Waals surface area contributed by atoms with Crippen molar-refractivity contribution >= 4 is 20.4 Å². The highest BCUT2D eigenvalue weighted by Gasteiger charge is 2.48. The third kappa shape index (κ3) is 5.53. The number of carbonyl (C=O) groups is 1. The minimum Gasteiger partial charge on any atom is -0.489 e. The van der Waals surface area contributed by atoms with E-state index in [-0.39, 0.29) is 41.3 Å². The number of benzene rings is 1. The summed E-state index contributed by atoms with van der Waals surface area (Å²) >= 11 is 0. The summed E-state index contributed by atoms with van der Waals surface area (Å²) in [5.74, 6) is 0.740. The first-order valence-corrected chi connectivity index (χ1v) is 15.9. The largest absolute Gasteiger partial charge is 0.489 e. The molecule has 2 aliphatic heterocycles. The van der Waals surface area contributed by atoms with Crippen LogP contribution in [0.3, 0.4) is 0 Å². The van der Waals surface area contributed by atoms with Crippen LogP contribution in [0.1, 0.15) is 67.9 Å². The first-order valence-electron chi connectivity index (χ1n) is 13.0. The van der Waals surface area contributed by atoms with Crippen molar-refractivity contribution < 1.29 is 28.2 Å². The smallest absolute Gasteiger partial charge is 0.338 e. The Labute approximate surface area is 211 Å². The number of fused-ring (bicyclic) bond motifs is 2. The van der Waals surface area contributed by atoms with Gasteiger partial charge in [0.15, 0.2) is 14.6 Å². The molecule has 3 aliphatic rings. The summed E-state index contributed by atoms with van der Waals surface area (Å²) in [6.07, 6.45) is 8.10. The van der Waals surface area contributed by atoms with Crippen LogP contribution in [-0.4, -0.2) is 53.1 Å². The monoisotopic (exact) mass is 502 g/mol. The number of hydrogen-bond acceptors (Lipinski definition) is 6. The molecule has 1 saturated heterocycles. The lowest BCUT2D eigenvalue weighted by molar-refractivity contribution is -0.197. The van der Waals surface area contributed by atoms with E-state index in [0.29, 0.717) is 12.2 Å². The fraction of sp³-hybridized carbons (Fsp3) is 0.679. The molecule has 0 radical (unpaired) electrons. The molecule has 4 rings (SSSR count). The SMILES string of the molecule is COC(=O)c1ccc2c(c1C)O[C@H]1C[C@@H](OC3CCCCO3)[C@H](CO[Si](C)(C)C(C)(C)C)[C@H]1C=C2. The second kappa shape index (κ2) is 10.4. The van der Waals surface area contributed by atoms with Crippen LogP contribution in [0.15, 0.2) is 18.2 Å². The van der Waals surface area contributed by atoms with Gasteiger partial charge in [-0.25, -0.2) is 4.79 Å². The Balaban J connectivity index is 1.60. The molecule has 5 atom stereocenters. The first-order chi connectivity index (χ1) is 16.5. The molecule has 6 nitrogen and oxygen atoms in total. The zero-order valence-corrected chi connectivity index (χ0v) is 23.4. The van der Waals surface area contributed by atoms with Gasteiger partial charge in [-0.15, -0.1) is 0 Å². The van der Waals surface area contributed by atoms with Crippen molar-refractivity contribution in [1.82, 2.24) is 0 Å². The Morgan fingerprint density at radius 2 is 1.97 bits per heavy atom. The lowest BCUT2D eigenvalue weighted by atomic mass is 9.93. The van der Waals surface area contributed by atoms with Gasteiger partial charge in [-0.05, 0) is 50.4 Å². The third-order valence-electron chi connectivity index (χ3n) is 8.38. The fourth-order valence-corrected chi connectivity index (χ4v) is 6.13. The van der Waals surface area contributed by atoms with Crippen LogP contribution in [0.4, 0.5) is 0 Å². The van der Waals surface area contributed by atoms with Gasteiger partial charge in [-0.2, -0.15) is 0 Å². The normalized spacial score (nSPS) is 28.6. The Morgan fingerprint density at radius 3 is 2.63 bits per heavy atom. The second-order valence-corrected chi connectivity index (χ2v) is 16.5. The number of esters is 1. The van der Waals surface area contributed by atoms with E-state index in [1.165, 1.54) is 7.11 Å². The lowest BCUT2D eigenvalue weighted by Gasteiger charge is -2.38. The number of hydrogen-bond donors (Lipinski definition) is 0. The van der Waals surface area contributed by atoms with Gasteiger partial charge in [0.1, 0.15) is 11.9 Å². The van der Waals surface area contributed by atoms with Gasteiger partial charge in [-0.1, -0.05) is 39.0 Å². The summed E-state index contributed by atoms with van der Waals surface area (Å²) < 4.78 is 30.9. The Bertz CT molecular complexity index is 944. The molecule has 1 saturated carbocycles. The Kier molecular flexibility index (Phi) is 7.81. The van der Waals surface area contributed by atoms with Crippen LogP contribution >= 0.6 is 0 Å². The van der Waals surface area contributed by atoms with Gasteiger partial charge in [0.05, 0.1) is 18.8 Å². The summed E-state index contributed by atoms with van der Waals surface area (Å²) in [7, 11) is -0.517. The van der Waals surface area contributed by atoms with Crippen LogP contribution in [-0.2, 0) is 18.6 Å². The van der Waals surface area contributed by atoms with Gasteiger partial charge in [0.2, 0.25) is 0 Å². The number of methoxy groups -OCH3 is 1. The molecule has 0 N–H and O–H groups in total. The van der Waals surface area contributed by atoms with Crippen molar-refractivity contribution in [3.63, 3.8) is 0 Å². The van der Waals surface area contributed by atoms with Crippen molar-refractivity contribution in [2.75, 3.05) is 20.3 Å². The molecular formula is C28H42O6Si. The zero-order chi connectivity index (χ0) is 25.4. The standard InChI is InChI=1S/C28H42O6Si/c1-18-20(27(29)30-5)13-11-19-12-14-21-22(17-32-35(6,7)28(2,3)4)24(16-23(21)34-26(18)19)33-25-10-8-9-15-31-25/h11-14,21-25H,8-10,15-17H2,1-7H3/t21-,22-,23+,24-,25?/m1/s1. The maximum absolute atomic E-state index is 12.3. The van der Waals surface area contributed by atoms with Gasteiger partial charge in [-0.3, -0.25) is 0 Å². The highest BCUT2D eigenvalue weighted by molar-refractivity contribution is 6.74. The van der Waals surface area contributed by atoms with Crippen molar-refractivity contribution in [3.05, 3.63) is 34.9 Å². The number of ether oxygens (including phenoxy) is 4. The van der Waals surface area contributed by atoms with Gasteiger partial charge in [0, 0.05) is 42.6 Å². The van der Waals surface area contributed by atoms with E-state index in [1.807, 2.05) is 19.1 Å². The van der Waals surface area contributed by atoms with Crippen molar-refractivity contribution in [1.29, 1.82) is 0 Å². The quantitative estimate of drug-likeness (QED) is 0.345. The van der Waals surface area contributed by atoms with Crippen molar-refractivity contribution in [2.45, 2.75) is 90.0 Å². The third-order valence-corrected chi connectivity index (χ3v) is 12.9. The van der Waals surface area contributed by atoms with E-state index in [4.69, 9.17) is 23.4 Å². The average molecular weight is 503 g/mol. The van der Waals surface area contributed by atoms with E-state index in [2.05, 4.69) is 46.0 Å². The molecule has 35 heavy (non-hydrogen) atoms. The molecule has 2 heterocycles. The van der Waals surface area contributed by atoms with Gasteiger partial charge in [0.25, 0.3) is 0 Å². The molecule has 194 valence electrons. The predicted octanol–water partition coefficient (Wildman–Crippen LogP) is 6.13. The molecule has 0 bridgehead atoms. The molecule has 0 spiro atoms. The summed E-state index contributed by atoms with van der Waals surface area (Å²) in [4.78, 5) is 12.3. The zero-order valence-electron chi connectivity index (χ0n) is 22.4. The second-order valence-electron chi connectivity index (χ2n) is 11.7. The molecule has 7 heteroatoms. The number of rotatable bonds is 6.